The Kier molecular flexibility index (Phi) is 5.71. The molecule has 0 aliphatic rings. The zero-order valence-corrected chi connectivity index (χ0v) is 12.8. The van der Waals surface area contributed by atoms with Gasteiger partial charge in [-0.1, -0.05) is 0 Å². The smallest absolute Gasteiger partial charge is 0.323 e. The molecule has 21 heavy (non-hydrogen) atoms. The van der Waals surface area contributed by atoms with Crippen molar-refractivity contribution in [3.8, 4) is 0 Å². The summed E-state index contributed by atoms with van der Waals surface area (Å²) in [6.07, 6.45) is 0. The van der Waals surface area contributed by atoms with E-state index in [2.05, 4.69) is 0 Å². The third kappa shape index (κ3) is 5.34. The fourth-order valence-corrected chi connectivity index (χ4v) is 2.44. The third-order valence-corrected chi connectivity index (χ3v) is 3.68. The highest BCUT2D eigenvalue weighted by Gasteiger charge is 2.28. The molecule has 0 saturated heterocycles. The predicted octanol–water partition coefficient (Wildman–Crippen LogP) is 2.77. The van der Waals surface area contributed by atoms with Gasteiger partial charge in [0, 0.05) is 16.5 Å². The van der Waals surface area contributed by atoms with Crippen LogP contribution in [0.25, 0.3) is 0 Å². The van der Waals surface area contributed by atoms with Crippen molar-refractivity contribution in [3.05, 3.63) is 29.8 Å². The number of carboxylic acid groups (broad SMARTS) is 1. The molecular weight excluding hydrogens is 300 g/mol. The Morgan fingerprint density at radius 1 is 1.29 bits per heavy atom. The summed E-state index contributed by atoms with van der Waals surface area (Å²) in [5, 5.41) is 8.85. The van der Waals surface area contributed by atoms with E-state index in [1.165, 1.54) is 11.0 Å². The second-order valence-electron chi connectivity index (χ2n) is 5.41. The van der Waals surface area contributed by atoms with Gasteiger partial charge in [0.25, 0.3) is 0 Å². The summed E-state index contributed by atoms with van der Waals surface area (Å²) in [7, 11) is 0. The molecule has 1 N–H and O–H groups in total. The van der Waals surface area contributed by atoms with Crippen molar-refractivity contribution in [1.29, 1.82) is 0 Å². The van der Waals surface area contributed by atoms with E-state index in [0.29, 0.717) is 0 Å². The van der Waals surface area contributed by atoms with Gasteiger partial charge in [-0.15, -0.1) is 11.8 Å². The largest absolute Gasteiger partial charge is 0.480 e. The normalized spacial score (nSPS) is 11.3. The van der Waals surface area contributed by atoms with Crippen molar-refractivity contribution in [1.82, 2.24) is 4.90 Å². The average molecular weight is 317 g/mol. The van der Waals surface area contributed by atoms with Crippen LogP contribution in [0.5, 0.6) is 0 Å². The van der Waals surface area contributed by atoms with Gasteiger partial charge < -0.3 is 10.0 Å². The predicted molar refractivity (Wildman–Crippen MR) is 76.2 cm³/mol. The first-order chi connectivity index (χ1) is 9.61. The molecule has 0 aliphatic carbocycles. The number of thioether (sulfide) groups is 1. The molecule has 0 saturated carbocycles. The molecule has 1 aromatic carbocycles. The SMILES string of the molecule is CC(C)(C)N(CC(=O)O)C(=O)CSc1ccc(F)cc1F. The van der Waals surface area contributed by atoms with Crippen molar-refractivity contribution in [2.24, 2.45) is 0 Å². The summed E-state index contributed by atoms with van der Waals surface area (Å²) >= 11 is 0.910. The maximum absolute atomic E-state index is 13.5. The number of hydrogen-bond acceptors (Lipinski definition) is 3. The Bertz CT molecular complexity index is 544. The van der Waals surface area contributed by atoms with E-state index >= 15 is 0 Å². The molecule has 0 aliphatic heterocycles. The van der Waals surface area contributed by atoms with E-state index in [4.69, 9.17) is 5.11 Å². The van der Waals surface area contributed by atoms with E-state index in [0.717, 1.165) is 23.9 Å². The van der Waals surface area contributed by atoms with Crippen LogP contribution in [0.15, 0.2) is 23.1 Å². The Morgan fingerprint density at radius 3 is 2.38 bits per heavy atom. The third-order valence-electron chi connectivity index (χ3n) is 2.65. The topological polar surface area (TPSA) is 57.6 Å². The van der Waals surface area contributed by atoms with Crippen molar-refractivity contribution < 1.29 is 23.5 Å². The van der Waals surface area contributed by atoms with E-state index < -0.39 is 35.6 Å². The van der Waals surface area contributed by atoms with E-state index in [9.17, 15) is 18.4 Å². The molecule has 0 aromatic heterocycles. The van der Waals surface area contributed by atoms with Crippen molar-refractivity contribution in [2.45, 2.75) is 31.2 Å². The minimum absolute atomic E-state index is 0.118. The van der Waals surface area contributed by atoms with Gasteiger partial charge in [-0.2, -0.15) is 0 Å². The number of carbonyl (C=O) groups is 2. The number of benzene rings is 1. The highest BCUT2D eigenvalue weighted by atomic mass is 32.2. The van der Waals surface area contributed by atoms with E-state index in [-0.39, 0.29) is 10.6 Å². The molecule has 0 fully saturated rings. The number of amides is 1. The maximum Gasteiger partial charge on any atom is 0.323 e. The molecule has 0 bridgehead atoms. The minimum Gasteiger partial charge on any atom is -0.480 e. The van der Waals surface area contributed by atoms with Gasteiger partial charge in [-0.25, -0.2) is 8.78 Å². The number of halogens is 2. The average Bonchev–Trinajstić information content (AvgIpc) is 2.33. The Labute approximate surface area is 126 Å². The van der Waals surface area contributed by atoms with Crippen LogP contribution in [-0.2, 0) is 9.59 Å². The minimum atomic E-state index is -1.11. The maximum atomic E-state index is 13.5. The first-order valence-electron chi connectivity index (χ1n) is 6.21. The molecule has 116 valence electrons. The van der Waals surface area contributed by atoms with Gasteiger partial charge >= 0.3 is 5.97 Å². The highest BCUT2D eigenvalue weighted by molar-refractivity contribution is 8.00. The van der Waals surface area contributed by atoms with Crippen LogP contribution >= 0.6 is 11.8 Å². The highest BCUT2D eigenvalue weighted by Crippen LogP contribution is 2.24. The van der Waals surface area contributed by atoms with Crippen LogP contribution in [0.1, 0.15) is 20.8 Å². The molecule has 1 rings (SSSR count). The second-order valence-corrected chi connectivity index (χ2v) is 6.43. The fraction of sp³-hybridized carbons (Fsp3) is 0.429. The first-order valence-corrected chi connectivity index (χ1v) is 7.20. The molecule has 0 unspecified atom stereocenters. The summed E-state index contributed by atoms with van der Waals surface area (Å²) < 4.78 is 26.3. The van der Waals surface area contributed by atoms with Gasteiger partial charge in [0.2, 0.25) is 5.91 Å². The zero-order valence-electron chi connectivity index (χ0n) is 12.0. The molecule has 4 nitrogen and oxygen atoms in total. The lowest BCUT2D eigenvalue weighted by atomic mass is 10.1. The molecule has 1 aromatic rings. The Hall–Kier alpha value is -1.63. The van der Waals surface area contributed by atoms with Crippen LogP contribution in [0.3, 0.4) is 0 Å². The van der Waals surface area contributed by atoms with Gasteiger partial charge in [-0.05, 0) is 32.9 Å². The number of nitrogens with zero attached hydrogens (tertiary/aromatic N) is 1. The molecular formula is C14H17F2NO3S. The Balaban J connectivity index is 2.76. The molecule has 0 radical (unpaired) electrons. The van der Waals surface area contributed by atoms with Crippen LogP contribution in [-0.4, -0.2) is 39.7 Å². The summed E-state index contributed by atoms with van der Waals surface area (Å²) in [6.45, 7) is 4.74. The van der Waals surface area contributed by atoms with E-state index in [1.54, 1.807) is 20.8 Å². The summed E-state index contributed by atoms with van der Waals surface area (Å²) in [6, 6.07) is 3.10. The fourth-order valence-electron chi connectivity index (χ4n) is 1.64. The number of rotatable bonds is 5. The van der Waals surface area contributed by atoms with Crippen molar-refractivity contribution in [3.63, 3.8) is 0 Å². The lowest BCUT2D eigenvalue weighted by molar-refractivity contribution is -0.146. The van der Waals surface area contributed by atoms with Crippen LogP contribution in [0.4, 0.5) is 8.78 Å². The lowest BCUT2D eigenvalue weighted by Gasteiger charge is -2.34. The number of carboxylic acids is 1. The van der Waals surface area contributed by atoms with Gasteiger partial charge in [-0.3, -0.25) is 9.59 Å². The monoisotopic (exact) mass is 317 g/mol. The number of carbonyl (C=O) groups excluding carboxylic acids is 1. The second kappa shape index (κ2) is 6.89. The van der Waals surface area contributed by atoms with Crippen LogP contribution in [0, 0.1) is 11.6 Å². The van der Waals surface area contributed by atoms with Gasteiger partial charge in [0.1, 0.15) is 18.2 Å². The molecule has 7 heteroatoms. The first kappa shape index (κ1) is 17.4. The quantitative estimate of drug-likeness (QED) is 0.849. The van der Waals surface area contributed by atoms with E-state index in [1.807, 2.05) is 0 Å². The summed E-state index contributed by atoms with van der Waals surface area (Å²) in [5.41, 5.74) is -0.655. The number of aliphatic carboxylic acids is 1. The molecule has 0 atom stereocenters. The van der Waals surface area contributed by atoms with Crippen LogP contribution < -0.4 is 0 Å². The van der Waals surface area contributed by atoms with Crippen molar-refractivity contribution >= 4 is 23.6 Å². The Morgan fingerprint density at radius 2 is 1.90 bits per heavy atom. The van der Waals surface area contributed by atoms with Gasteiger partial charge in [0.05, 0.1) is 5.75 Å². The zero-order chi connectivity index (χ0) is 16.2. The molecule has 0 spiro atoms. The van der Waals surface area contributed by atoms with Crippen molar-refractivity contribution in [2.75, 3.05) is 12.3 Å². The molecule has 1 amide bonds. The standard InChI is InChI=1S/C14H17F2NO3S/c1-14(2,3)17(7-13(19)20)12(18)8-21-11-5-4-9(15)6-10(11)16/h4-6H,7-8H2,1-3H3,(H,19,20). The summed E-state index contributed by atoms with van der Waals surface area (Å²) in [5.74, 6) is -3.08. The molecule has 0 heterocycles. The number of hydrogen-bond donors (Lipinski definition) is 1. The van der Waals surface area contributed by atoms with Crippen LogP contribution in [0.2, 0.25) is 0 Å². The van der Waals surface area contributed by atoms with Gasteiger partial charge in [0.15, 0.2) is 0 Å². The summed E-state index contributed by atoms with van der Waals surface area (Å²) in [4.78, 5) is 24.3. The lowest BCUT2D eigenvalue weighted by Crippen LogP contribution is -2.49.